The van der Waals surface area contributed by atoms with Crippen LogP contribution in [0.2, 0.25) is 0 Å². The molecule has 0 atom stereocenters. The second-order valence-corrected chi connectivity index (χ2v) is 3.31. The van der Waals surface area contributed by atoms with Gasteiger partial charge >= 0.3 is 0 Å². The number of aromatic nitrogens is 1. The number of benzene rings is 1. The summed E-state index contributed by atoms with van der Waals surface area (Å²) in [6, 6.07) is 10.4. The van der Waals surface area contributed by atoms with Crippen molar-refractivity contribution in [3.63, 3.8) is 0 Å². The number of allylic oxidation sites excluding steroid dienone is 2. The van der Waals surface area contributed by atoms with E-state index < -0.39 is 0 Å². The third-order valence-corrected chi connectivity index (χ3v) is 2.24. The van der Waals surface area contributed by atoms with Gasteiger partial charge in [-0.05, 0) is 31.0 Å². The summed E-state index contributed by atoms with van der Waals surface area (Å²) >= 11 is 0. The molecule has 0 aliphatic rings. The summed E-state index contributed by atoms with van der Waals surface area (Å²) in [4.78, 5) is 4.40. The minimum Gasteiger partial charge on any atom is -0.256 e. The summed E-state index contributed by atoms with van der Waals surface area (Å²) < 4.78 is 0. The molecular formula is C13H13N. The van der Waals surface area contributed by atoms with Crippen molar-refractivity contribution in [2.75, 3.05) is 0 Å². The third-order valence-electron chi connectivity index (χ3n) is 2.24. The molecular weight excluding hydrogens is 170 g/mol. The molecule has 0 unspecified atom stereocenters. The van der Waals surface area contributed by atoms with Crippen molar-refractivity contribution < 1.29 is 0 Å². The van der Waals surface area contributed by atoms with E-state index >= 15 is 0 Å². The van der Waals surface area contributed by atoms with Crippen LogP contribution in [0.1, 0.15) is 12.5 Å². The van der Waals surface area contributed by atoms with Gasteiger partial charge in [0.05, 0.1) is 5.52 Å². The number of para-hydroxylation sites is 1. The van der Waals surface area contributed by atoms with Crippen molar-refractivity contribution >= 4 is 10.9 Å². The number of hydrogen-bond acceptors (Lipinski definition) is 1. The zero-order valence-corrected chi connectivity index (χ0v) is 8.27. The van der Waals surface area contributed by atoms with Gasteiger partial charge in [0, 0.05) is 11.6 Å². The van der Waals surface area contributed by atoms with Crippen LogP contribution in [-0.4, -0.2) is 4.98 Å². The lowest BCUT2D eigenvalue weighted by Crippen LogP contribution is -1.84. The number of nitrogens with zero attached hydrogens (tertiary/aromatic N) is 1. The first-order chi connectivity index (χ1) is 6.90. The largest absolute Gasteiger partial charge is 0.256 e. The predicted octanol–water partition coefficient (Wildman–Crippen LogP) is 3.35. The van der Waals surface area contributed by atoms with Gasteiger partial charge in [-0.1, -0.05) is 30.4 Å². The summed E-state index contributed by atoms with van der Waals surface area (Å²) in [5, 5.41) is 1.22. The SMILES string of the molecule is C/C=C/Cc1cnc2ccccc2c1. The monoisotopic (exact) mass is 183 g/mol. The van der Waals surface area contributed by atoms with Crippen molar-refractivity contribution in [1.29, 1.82) is 0 Å². The Morgan fingerprint density at radius 3 is 3.00 bits per heavy atom. The van der Waals surface area contributed by atoms with Crippen LogP contribution in [0.15, 0.2) is 48.7 Å². The van der Waals surface area contributed by atoms with Crippen LogP contribution in [-0.2, 0) is 6.42 Å². The number of fused-ring (bicyclic) bond motifs is 1. The molecule has 0 radical (unpaired) electrons. The summed E-state index contributed by atoms with van der Waals surface area (Å²) in [6.07, 6.45) is 7.12. The Morgan fingerprint density at radius 2 is 2.14 bits per heavy atom. The normalized spacial score (nSPS) is 11.2. The topological polar surface area (TPSA) is 12.9 Å². The molecule has 2 aromatic rings. The molecule has 0 aliphatic carbocycles. The summed E-state index contributed by atoms with van der Waals surface area (Å²) in [7, 11) is 0. The number of hydrogen-bond donors (Lipinski definition) is 0. The van der Waals surface area contributed by atoms with Gasteiger partial charge in [0.15, 0.2) is 0 Å². The Hall–Kier alpha value is -1.63. The quantitative estimate of drug-likeness (QED) is 0.650. The molecule has 0 amide bonds. The van der Waals surface area contributed by atoms with Crippen molar-refractivity contribution in [3.05, 3.63) is 54.2 Å². The summed E-state index contributed by atoms with van der Waals surface area (Å²) in [5.41, 5.74) is 2.33. The molecule has 1 heteroatoms. The number of pyridine rings is 1. The van der Waals surface area contributed by atoms with E-state index in [9.17, 15) is 0 Å². The molecule has 0 aliphatic heterocycles. The molecule has 1 aromatic carbocycles. The van der Waals surface area contributed by atoms with Crippen molar-refractivity contribution in [3.8, 4) is 0 Å². The lowest BCUT2D eigenvalue weighted by Gasteiger charge is -1.99. The highest BCUT2D eigenvalue weighted by atomic mass is 14.6. The van der Waals surface area contributed by atoms with E-state index in [-0.39, 0.29) is 0 Å². The minimum absolute atomic E-state index is 0.967. The second-order valence-electron chi connectivity index (χ2n) is 3.31. The van der Waals surface area contributed by atoms with Gasteiger partial charge in [0.1, 0.15) is 0 Å². The molecule has 1 heterocycles. The Bertz CT molecular complexity index is 457. The van der Waals surface area contributed by atoms with E-state index in [1.165, 1.54) is 10.9 Å². The molecule has 0 bridgehead atoms. The van der Waals surface area contributed by atoms with Crippen LogP contribution in [0, 0.1) is 0 Å². The van der Waals surface area contributed by atoms with Gasteiger partial charge in [-0.3, -0.25) is 4.98 Å². The highest BCUT2D eigenvalue weighted by molar-refractivity contribution is 5.78. The molecule has 70 valence electrons. The Balaban J connectivity index is 2.41. The maximum absolute atomic E-state index is 4.40. The van der Waals surface area contributed by atoms with E-state index in [1.54, 1.807) is 0 Å². The van der Waals surface area contributed by atoms with Crippen LogP contribution in [0.5, 0.6) is 0 Å². The third kappa shape index (κ3) is 1.82. The standard InChI is InChI=1S/C13H13N/c1-2-3-6-11-9-12-7-4-5-8-13(12)14-10-11/h2-5,7-10H,6H2,1H3/b3-2+. The predicted molar refractivity (Wildman–Crippen MR) is 60.3 cm³/mol. The highest BCUT2D eigenvalue weighted by Crippen LogP contribution is 2.12. The molecule has 1 nitrogen and oxygen atoms in total. The van der Waals surface area contributed by atoms with Crippen LogP contribution in [0.25, 0.3) is 10.9 Å². The number of rotatable bonds is 2. The van der Waals surface area contributed by atoms with Crippen LogP contribution in [0.3, 0.4) is 0 Å². The Kier molecular flexibility index (Phi) is 2.59. The fraction of sp³-hybridized carbons (Fsp3) is 0.154. The average molecular weight is 183 g/mol. The van der Waals surface area contributed by atoms with E-state index in [4.69, 9.17) is 0 Å². The Labute approximate surface area is 84.1 Å². The minimum atomic E-state index is 0.967. The van der Waals surface area contributed by atoms with Crippen molar-refractivity contribution in [2.45, 2.75) is 13.3 Å². The van der Waals surface area contributed by atoms with Gasteiger partial charge in [-0.25, -0.2) is 0 Å². The van der Waals surface area contributed by atoms with Crippen molar-refractivity contribution in [1.82, 2.24) is 4.98 Å². The molecule has 1 aromatic heterocycles. The first-order valence-corrected chi connectivity index (χ1v) is 4.85. The van der Waals surface area contributed by atoms with E-state index in [0.717, 1.165) is 11.9 Å². The smallest absolute Gasteiger partial charge is 0.0702 e. The van der Waals surface area contributed by atoms with E-state index in [1.807, 2.05) is 31.3 Å². The lowest BCUT2D eigenvalue weighted by atomic mass is 10.1. The highest BCUT2D eigenvalue weighted by Gasteiger charge is 1.94. The van der Waals surface area contributed by atoms with Crippen LogP contribution >= 0.6 is 0 Å². The fourth-order valence-corrected chi connectivity index (χ4v) is 1.48. The van der Waals surface area contributed by atoms with E-state index in [2.05, 4.69) is 29.3 Å². The molecule has 0 fully saturated rings. The second kappa shape index (κ2) is 4.05. The first kappa shape index (κ1) is 8.95. The van der Waals surface area contributed by atoms with Crippen molar-refractivity contribution in [2.24, 2.45) is 0 Å². The fourth-order valence-electron chi connectivity index (χ4n) is 1.48. The van der Waals surface area contributed by atoms with Gasteiger partial charge in [0.25, 0.3) is 0 Å². The van der Waals surface area contributed by atoms with Crippen LogP contribution in [0.4, 0.5) is 0 Å². The van der Waals surface area contributed by atoms with Crippen LogP contribution < -0.4 is 0 Å². The molecule has 0 saturated carbocycles. The maximum Gasteiger partial charge on any atom is 0.0702 e. The van der Waals surface area contributed by atoms with Gasteiger partial charge in [0.2, 0.25) is 0 Å². The van der Waals surface area contributed by atoms with Gasteiger partial charge < -0.3 is 0 Å². The summed E-state index contributed by atoms with van der Waals surface area (Å²) in [6.45, 7) is 2.04. The molecule has 0 spiro atoms. The zero-order valence-electron chi connectivity index (χ0n) is 8.27. The molecule has 0 N–H and O–H groups in total. The van der Waals surface area contributed by atoms with Gasteiger partial charge in [-0.2, -0.15) is 0 Å². The summed E-state index contributed by atoms with van der Waals surface area (Å²) in [5.74, 6) is 0. The maximum atomic E-state index is 4.40. The zero-order chi connectivity index (χ0) is 9.80. The molecule has 0 saturated heterocycles. The Morgan fingerprint density at radius 1 is 1.29 bits per heavy atom. The molecule has 14 heavy (non-hydrogen) atoms. The lowest BCUT2D eigenvalue weighted by molar-refractivity contribution is 1.22. The average Bonchev–Trinajstić information content (AvgIpc) is 2.26. The van der Waals surface area contributed by atoms with E-state index in [0.29, 0.717) is 0 Å². The molecule has 2 rings (SSSR count). The first-order valence-electron chi connectivity index (χ1n) is 4.85. The van der Waals surface area contributed by atoms with Gasteiger partial charge in [-0.15, -0.1) is 0 Å².